The monoisotopic (exact) mass is 403 g/mol. The van der Waals surface area contributed by atoms with Gasteiger partial charge in [-0.1, -0.05) is 23.9 Å². The average molecular weight is 403 g/mol. The van der Waals surface area contributed by atoms with Crippen LogP contribution in [0.3, 0.4) is 0 Å². The van der Waals surface area contributed by atoms with Crippen molar-refractivity contribution in [2.24, 2.45) is 0 Å². The lowest BCUT2D eigenvalue weighted by Gasteiger charge is -2.09. The summed E-state index contributed by atoms with van der Waals surface area (Å²) in [7, 11) is 0. The molecule has 2 heterocycles. The molecule has 0 fully saturated rings. The molecule has 1 aromatic carbocycles. The number of thiophene rings is 1. The van der Waals surface area contributed by atoms with Crippen molar-refractivity contribution in [3.63, 3.8) is 0 Å². The minimum absolute atomic E-state index is 0.0215. The Hall–Kier alpha value is -2.72. The topological polar surface area (TPSA) is 103 Å². The fraction of sp³-hybridized carbons (Fsp3) is 0.235. The highest BCUT2D eigenvalue weighted by molar-refractivity contribution is 7.99. The summed E-state index contributed by atoms with van der Waals surface area (Å²) in [6.45, 7) is 4.30. The Morgan fingerprint density at radius 1 is 1.33 bits per heavy atom. The van der Waals surface area contributed by atoms with Gasteiger partial charge in [0.2, 0.25) is 5.91 Å². The zero-order chi connectivity index (χ0) is 19.4. The molecule has 0 aliphatic rings. The number of amides is 1. The van der Waals surface area contributed by atoms with E-state index in [0.29, 0.717) is 23.0 Å². The third-order valence-corrected chi connectivity index (χ3v) is 5.72. The zero-order valence-corrected chi connectivity index (χ0v) is 16.3. The average Bonchev–Trinajstić information content (AvgIpc) is 3.30. The largest absolute Gasteiger partial charge is 0.325 e. The smallest absolute Gasteiger partial charge is 0.274 e. The molecule has 0 bridgehead atoms. The fourth-order valence-electron chi connectivity index (χ4n) is 2.54. The second-order valence-corrected chi connectivity index (χ2v) is 7.46. The zero-order valence-electron chi connectivity index (χ0n) is 14.7. The molecule has 140 valence electrons. The molecule has 27 heavy (non-hydrogen) atoms. The predicted octanol–water partition coefficient (Wildman–Crippen LogP) is 3.97. The quantitative estimate of drug-likeness (QED) is 0.364. The van der Waals surface area contributed by atoms with Gasteiger partial charge in [-0.25, -0.2) is 0 Å². The van der Waals surface area contributed by atoms with Gasteiger partial charge in [-0.2, -0.15) is 0 Å². The summed E-state index contributed by atoms with van der Waals surface area (Å²) in [6, 6.07) is 8.54. The Kier molecular flexibility index (Phi) is 5.87. The maximum Gasteiger partial charge on any atom is 0.274 e. The highest BCUT2D eigenvalue weighted by Gasteiger charge is 2.17. The summed E-state index contributed by atoms with van der Waals surface area (Å²) in [5, 5.41) is 24.8. The van der Waals surface area contributed by atoms with Crippen LogP contribution in [0.2, 0.25) is 0 Å². The number of hydrogen-bond donors (Lipinski definition) is 1. The van der Waals surface area contributed by atoms with E-state index < -0.39 is 4.92 Å². The number of nitrogens with one attached hydrogen (secondary N) is 1. The first-order valence-corrected chi connectivity index (χ1v) is 10.0. The second kappa shape index (κ2) is 8.31. The van der Waals surface area contributed by atoms with Gasteiger partial charge in [0, 0.05) is 12.6 Å². The summed E-state index contributed by atoms with van der Waals surface area (Å²) >= 11 is 2.86. The van der Waals surface area contributed by atoms with Crippen LogP contribution in [0.1, 0.15) is 12.5 Å². The Morgan fingerprint density at radius 3 is 2.81 bits per heavy atom. The number of aromatic nitrogens is 3. The number of nitro benzene ring substituents is 1. The van der Waals surface area contributed by atoms with E-state index in [1.165, 1.54) is 17.8 Å². The van der Waals surface area contributed by atoms with Crippen LogP contribution in [0.4, 0.5) is 11.4 Å². The van der Waals surface area contributed by atoms with E-state index in [0.717, 1.165) is 10.7 Å². The SMILES string of the molecule is CCn1c(SCC(=O)Nc2cccc([N+](=O)[O-])c2C)nnc1-c1cccs1. The molecule has 3 aromatic rings. The molecular formula is C17H17N5O3S2. The third-order valence-electron chi connectivity index (χ3n) is 3.88. The molecule has 2 aromatic heterocycles. The summed E-state index contributed by atoms with van der Waals surface area (Å²) in [5.74, 6) is 0.655. The third kappa shape index (κ3) is 4.17. The van der Waals surface area contributed by atoms with Gasteiger partial charge in [-0.05, 0) is 31.4 Å². The molecule has 1 amide bonds. The summed E-state index contributed by atoms with van der Waals surface area (Å²) in [5.41, 5.74) is 0.843. The van der Waals surface area contributed by atoms with E-state index in [1.54, 1.807) is 30.4 Å². The lowest BCUT2D eigenvalue weighted by atomic mass is 10.1. The number of hydrogen-bond acceptors (Lipinski definition) is 7. The molecule has 0 saturated carbocycles. The Balaban J connectivity index is 1.68. The fourth-order valence-corrected chi connectivity index (χ4v) is 4.06. The molecule has 10 heteroatoms. The number of anilines is 1. The van der Waals surface area contributed by atoms with Crippen molar-refractivity contribution in [2.45, 2.75) is 25.5 Å². The summed E-state index contributed by atoms with van der Waals surface area (Å²) in [4.78, 5) is 23.9. The number of nitro groups is 1. The predicted molar refractivity (Wildman–Crippen MR) is 106 cm³/mol. The van der Waals surface area contributed by atoms with Crippen molar-refractivity contribution in [3.05, 3.63) is 51.4 Å². The van der Waals surface area contributed by atoms with Crippen molar-refractivity contribution < 1.29 is 9.72 Å². The molecule has 0 saturated heterocycles. The van der Waals surface area contributed by atoms with E-state index in [1.807, 2.05) is 29.0 Å². The number of thioether (sulfide) groups is 1. The number of rotatable bonds is 7. The summed E-state index contributed by atoms with van der Waals surface area (Å²) < 4.78 is 1.96. The van der Waals surface area contributed by atoms with Gasteiger partial charge in [0.1, 0.15) is 0 Å². The van der Waals surface area contributed by atoms with Crippen LogP contribution in [0.15, 0.2) is 40.9 Å². The Morgan fingerprint density at radius 2 is 2.15 bits per heavy atom. The summed E-state index contributed by atoms with van der Waals surface area (Å²) in [6.07, 6.45) is 0. The molecule has 0 spiro atoms. The van der Waals surface area contributed by atoms with Crippen molar-refractivity contribution in [1.82, 2.24) is 14.8 Å². The molecule has 8 nitrogen and oxygen atoms in total. The van der Waals surface area contributed by atoms with Crippen LogP contribution in [0.5, 0.6) is 0 Å². The van der Waals surface area contributed by atoms with Crippen molar-refractivity contribution >= 4 is 40.4 Å². The molecule has 1 N–H and O–H groups in total. The molecule has 0 atom stereocenters. The maximum absolute atomic E-state index is 12.3. The molecule has 3 rings (SSSR count). The number of benzene rings is 1. The van der Waals surface area contributed by atoms with Crippen LogP contribution in [0, 0.1) is 17.0 Å². The van der Waals surface area contributed by atoms with Crippen LogP contribution >= 0.6 is 23.1 Å². The molecule has 0 unspecified atom stereocenters. The van der Waals surface area contributed by atoms with E-state index in [4.69, 9.17) is 0 Å². The maximum atomic E-state index is 12.3. The minimum atomic E-state index is -0.463. The molecular weight excluding hydrogens is 386 g/mol. The van der Waals surface area contributed by atoms with Gasteiger partial charge < -0.3 is 9.88 Å². The van der Waals surface area contributed by atoms with Gasteiger partial charge in [0.15, 0.2) is 11.0 Å². The van der Waals surface area contributed by atoms with Crippen LogP contribution in [-0.2, 0) is 11.3 Å². The standard InChI is InChI=1S/C17H17N5O3S2/c1-3-21-16(14-8-5-9-26-14)19-20-17(21)27-10-15(23)18-12-6-4-7-13(11(12)2)22(24)25/h4-9H,3,10H2,1-2H3,(H,18,23). The first-order chi connectivity index (χ1) is 13.0. The van der Waals surface area contributed by atoms with Crippen LogP contribution < -0.4 is 5.32 Å². The first kappa shape index (κ1) is 19.1. The lowest BCUT2D eigenvalue weighted by Crippen LogP contribution is -2.15. The second-order valence-electron chi connectivity index (χ2n) is 5.57. The van der Waals surface area contributed by atoms with Crippen LogP contribution in [-0.4, -0.2) is 31.3 Å². The van der Waals surface area contributed by atoms with Crippen molar-refractivity contribution in [1.29, 1.82) is 0 Å². The van der Waals surface area contributed by atoms with Gasteiger partial charge in [0.25, 0.3) is 5.69 Å². The van der Waals surface area contributed by atoms with E-state index in [9.17, 15) is 14.9 Å². The van der Waals surface area contributed by atoms with E-state index in [2.05, 4.69) is 15.5 Å². The molecule has 0 aliphatic heterocycles. The van der Waals surface area contributed by atoms with E-state index >= 15 is 0 Å². The normalized spacial score (nSPS) is 10.7. The highest BCUT2D eigenvalue weighted by Crippen LogP contribution is 2.28. The molecule has 0 aliphatic carbocycles. The van der Waals surface area contributed by atoms with Crippen LogP contribution in [0.25, 0.3) is 10.7 Å². The lowest BCUT2D eigenvalue weighted by molar-refractivity contribution is -0.385. The van der Waals surface area contributed by atoms with Gasteiger partial charge in [-0.3, -0.25) is 14.9 Å². The van der Waals surface area contributed by atoms with Crippen molar-refractivity contribution in [2.75, 3.05) is 11.1 Å². The first-order valence-electron chi connectivity index (χ1n) is 8.15. The van der Waals surface area contributed by atoms with Gasteiger partial charge >= 0.3 is 0 Å². The minimum Gasteiger partial charge on any atom is -0.325 e. The number of carbonyl (C=O) groups is 1. The highest BCUT2D eigenvalue weighted by atomic mass is 32.2. The number of carbonyl (C=O) groups excluding carboxylic acids is 1. The number of nitrogens with zero attached hydrogens (tertiary/aromatic N) is 4. The Labute approximate surface area is 163 Å². The molecule has 0 radical (unpaired) electrons. The van der Waals surface area contributed by atoms with E-state index in [-0.39, 0.29) is 17.3 Å². The van der Waals surface area contributed by atoms with Gasteiger partial charge in [0.05, 0.1) is 26.8 Å². The van der Waals surface area contributed by atoms with Gasteiger partial charge in [-0.15, -0.1) is 21.5 Å². The van der Waals surface area contributed by atoms with Crippen molar-refractivity contribution in [3.8, 4) is 10.7 Å². The Bertz CT molecular complexity index is 969.